The highest BCUT2D eigenvalue weighted by Gasteiger charge is 2.25. The highest BCUT2D eigenvalue weighted by atomic mass is 16.3. The van der Waals surface area contributed by atoms with E-state index in [0.717, 1.165) is 37.1 Å². The predicted molar refractivity (Wildman–Crippen MR) is 137 cm³/mol. The maximum Gasteiger partial charge on any atom is 0.259 e. The van der Waals surface area contributed by atoms with Gasteiger partial charge in [0.15, 0.2) is 11.0 Å². The minimum atomic E-state index is -0.442. The smallest absolute Gasteiger partial charge is 0.259 e. The molecular formula is C29H26N2O4. The average molecular weight is 467 g/mol. The lowest BCUT2D eigenvalue weighted by Crippen LogP contribution is -2.29. The van der Waals surface area contributed by atoms with Crippen molar-refractivity contribution < 1.29 is 14.0 Å². The minimum Gasteiger partial charge on any atom is -0.455 e. The van der Waals surface area contributed by atoms with Crippen molar-refractivity contribution in [1.29, 1.82) is 0 Å². The van der Waals surface area contributed by atoms with Crippen LogP contribution in [0.2, 0.25) is 0 Å². The largest absolute Gasteiger partial charge is 0.455 e. The summed E-state index contributed by atoms with van der Waals surface area (Å²) >= 11 is 0. The minimum absolute atomic E-state index is 0.0812. The van der Waals surface area contributed by atoms with Gasteiger partial charge in [-0.05, 0) is 50.5 Å². The quantitative estimate of drug-likeness (QED) is 0.427. The second-order valence-corrected chi connectivity index (χ2v) is 8.88. The second-order valence-electron chi connectivity index (χ2n) is 8.88. The zero-order chi connectivity index (χ0) is 24.5. The Kier molecular flexibility index (Phi) is 5.95. The lowest BCUT2D eigenvalue weighted by atomic mass is 10.0. The molecule has 1 saturated heterocycles. The first kappa shape index (κ1) is 22.6. The number of anilines is 1. The number of hydrogen-bond donors (Lipinski definition) is 1. The molecule has 0 unspecified atom stereocenters. The van der Waals surface area contributed by atoms with Gasteiger partial charge in [0.2, 0.25) is 0 Å². The molecule has 1 fully saturated rings. The van der Waals surface area contributed by atoms with Crippen LogP contribution in [0.5, 0.6) is 0 Å². The van der Waals surface area contributed by atoms with Crippen molar-refractivity contribution in [3.63, 3.8) is 0 Å². The average Bonchev–Trinajstić information content (AvgIpc) is 3.41. The molecule has 6 nitrogen and oxygen atoms in total. The number of rotatable bonds is 4. The number of fused-ring (bicyclic) bond motifs is 1. The van der Waals surface area contributed by atoms with Crippen LogP contribution in [0, 0.1) is 13.8 Å². The number of aryl methyl sites for hydroxylation is 1. The molecule has 2 heterocycles. The third-order valence-corrected chi connectivity index (χ3v) is 6.55. The highest BCUT2D eigenvalue weighted by molar-refractivity contribution is 6.14. The number of hydrogen-bond acceptors (Lipinski definition) is 4. The van der Waals surface area contributed by atoms with Crippen LogP contribution in [0.1, 0.15) is 44.7 Å². The monoisotopic (exact) mass is 466 g/mol. The number of nitrogens with zero attached hydrogens (tertiary/aromatic N) is 1. The normalized spacial score (nSPS) is 13.3. The van der Waals surface area contributed by atoms with Crippen molar-refractivity contribution in [3.05, 3.63) is 99.2 Å². The Hall–Kier alpha value is -4.19. The number of benzene rings is 3. The highest BCUT2D eigenvalue weighted by Crippen LogP contribution is 2.29. The molecule has 2 amide bonds. The molecule has 35 heavy (non-hydrogen) atoms. The van der Waals surface area contributed by atoms with Crippen LogP contribution in [-0.4, -0.2) is 29.8 Å². The van der Waals surface area contributed by atoms with E-state index in [1.165, 1.54) is 0 Å². The molecule has 0 bridgehead atoms. The van der Waals surface area contributed by atoms with Gasteiger partial charge in [-0.15, -0.1) is 0 Å². The van der Waals surface area contributed by atoms with Gasteiger partial charge in [-0.1, -0.05) is 48.5 Å². The van der Waals surface area contributed by atoms with Crippen LogP contribution in [0.4, 0.5) is 5.69 Å². The molecule has 1 aliphatic rings. The van der Waals surface area contributed by atoms with Gasteiger partial charge in [-0.3, -0.25) is 14.4 Å². The first-order valence-corrected chi connectivity index (χ1v) is 11.8. The molecule has 0 atom stereocenters. The van der Waals surface area contributed by atoms with Crippen LogP contribution < -0.4 is 10.7 Å². The van der Waals surface area contributed by atoms with Crippen molar-refractivity contribution in [2.75, 3.05) is 18.4 Å². The van der Waals surface area contributed by atoms with Gasteiger partial charge in [-0.2, -0.15) is 0 Å². The summed E-state index contributed by atoms with van der Waals surface area (Å²) in [7, 11) is 0. The van der Waals surface area contributed by atoms with Crippen LogP contribution in [0.3, 0.4) is 0 Å². The van der Waals surface area contributed by atoms with Crippen LogP contribution in [0.15, 0.2) is 75.9 Å². The van der Waals surface area contributed by atoms with Gasteiger partial charge in [0.25, 0.3) is 11.8 Å². The van der Waals surface area contributed by atoms with Gasteiger partial charge in [-0.25, -0.2) is 0 Å². The zero-order valence-electron chi connectivity index (χ0n) is 19.8. The van der Waals surface area contributed by atoms with E-state index >= 15 is 0 Å². The van der Waals surface area contributed by atoms with E-state index < -0.39 is 5.91 Å². The van der Waals surface area contributed by atoms with E-state index in [1.54, 1.807) is 31.2 Å². The Morgan fingerprint density at radius 3 is 2.34 bits per heavy atom. The van der Waals surface area contributed by atoms with E-state index in [0.29, 0.717) is 28.0 Å². The molecule has 1 N–H and O–H groups in total. The van der Waals surface area contributed by atoms with Crippen LogP contribution in [-0.2, 0) is 0 Å². The summed E-state index contributed by atoms with van der Waals surface area (Å²) in [5.74, 6) is -0.0890. The maximum atomic E-state index is 13.5. The van der Waals surface area contributed by atoms with Gasteiger partial charge < -0.3 is 14.6 Å². The lowest BCUT2D eigenvalue weighted by molar-refractivity contribution is 0.0793. The van der Waals surface area contributed by atoms with E-state index in [1.807, 2.05) is 54.3 Å². The van der Waals surface area contributed by atoms with Gasteiger partial charge >= 0.3 is 0 Å². The molecule has 1 aliphatic heterocycles. The van der Waals surface area contributed by atoms with E-state index in [4.69, 9.17) is 4.42 Å². The molecule has 5 rings (SSSR count). The van der Waals surface area contributed by atoms with Gasteiger partial charge in [0.1, 0.15) is 5.76 Å². The molecule has 0 aliphatic carbocycles. The van der Waals surface area contributed by atoms with Crippen LogP contribution >= 0.6 is 0 Å². The Labute approximate surface area is 203 Å². The molecule has 0 saturated carbocycles. The molecule has 0 spiro atoms. The number of para-hydroxylation sites is 1. The molecule has 1 aromatic heterocycles. The Balaban J connectivity index is 1.58. The van der Waals surface area contributed by atoms with Gasteiger partial charge in [0.05, 0.1) is 22.2 Å². The van der Waals surface area contributed by atoms with E-state index in [9.17, 15) is 14.4 Å². The van der Waals surface area contributed by atoms with E-state index in [-0.39, 0.29) is 22.5 Å². The standard InChI is InChI=1S/C29H26N2O4/c1-18-10-8-15-23(24(18)29(34)31-16-6-7-17-31)30-28(33)22-14-9-13-21-25(32)19(2)26(35-27(21)22)20-11-4-3-5-12-20/h3-5,8-15H,6-7,16-17H2,1-2H3,(H,30,33). The lowest BCUT2D eigenvalue weighted by Gasteiger charge is -2.20. The SMILES string of the molecule is Cc1cccc(NC(=O)c2cccc3c(=O)c(C)c(-c4ccccc4)oc23)c1C(=O)N1CCCC1. The van der Waals surface area contributed by atoms with Crippen molar-refractivity contribution in [1.82, 2.24) is 4.90 Å². The number of carbonyl (C=O) groups is 2. The topological polar surface area (TPSA) is 79.6 Å². The summed E-state index contributed by atoms with van der Waals surface area (Å²) in [6, 6.07) is 19.7. The fourth-order valence-electron chi connectivity index (χ4n) is 4.68. The molecule has 6 heteroatoms. The number of amides is 2. The van der Waals surface area contributed by atoms with Crippen molar-refractivity contribution in [3.8, 4) is 11.3 Å². The van der Waals surface area contributed by atoms with E-state index in [2.05, 4.69) is 5.32 Å². The first-order chi connectivity index (χ1) is 17.0. The maximum absolute atomic E-state index is 13.5. The fraction of sp³-hybridized carbons (Fsp3) is 0.207. The Bertz CT molecular complexity index is 1500. The second kappa shape index (κ2) is 9.22. The number of likely N-dealkylation sites (tertiary alicyclic amines) is 1. The summed E-state index contributed by atoms with van der Waals surface area (Å²) in [5.41, 5.74) is 3.26. The molecule has 0 radical (unpaired) electrons. The fourth-order valence-corrected chi connectivity index (χ4v) is 4.68. The predicted octanol–water partition coefficient (Wildman–Crippen LogP) is 5.57. The molecule has 4 aromatic rings. The summed E-state index contributed by atoms with van der Waals surface area (Å²) in [6.07, 6.45) is 1.97. The molecule has 3 aromatic carbocycles. The third-order valence-electron chi connectivity index (χ3n) is 6.55. The molecular weight excluding hydrogens is 440 g/mol. The Morgan fingerprint density at radius 1 is 0.886 bits per heavy atom. The summed E-state index contributed by atoms with van der Waals surface area (Å²) in [6.45, 7) is 5.03. The first-order valence-electron chi connectivity index (χ1n) is 11.8. The van der Waals surface area contributed by atoms with Crippen LogP contribution in [0.25, 0.3) is 22.3 Å². The number of nitrogens with one attached hydrogen (secondary N) is 1. The molecule has 176 valence electrons. The summed E-state index contributed by atoms with van der Waals surface area (Å²) in [4.78, 5) is 41.7. The third kappa shape index (κ3) is 4.12. The summed E-state index contributed by atoms with van der Waals surface area (Å²) in [5, 5.41) is 3.25. The number of carbonyl (C=O) groups excluding carboxylic acids is 2. The summed E-state index contributed by atoms with van der Waals surface area (Å²) < 4.78 is 6.20. The van der Waals surface area contributed by atoms with Crippen molar-refractivity contribution in [2.24, 2.45) is 0 Å². The zero-order valence-corrected chi connectivity index (χ0v) is 19.8. The Morgan fingerprint density at radius 2 is 1.60 bits per heavy atom. The van der Waals surface area contributed by atoms with Gasteiger partial charge in [0, 0.05) is 24.2 Å². The van der Waals surface area contributed by atoms with Crippen molar-refractivity contribution >= 4 is 28.5 Å². The van der Waals surface area contributed by atoms with Crippen molar-refractivity contribution in [2.45, 2.75) is 26.7 Å².